The van der Waals surface area contributed by atoms with Crippen molar-refractivity contribution in [3.05, 3.63) is 35.0 Å². The van der Waals surface area contributed by atoms with E-state index < -0.39 is 75.7 Å². The highest BCUT2D eigenvalue weighted by Crippen LogP contribution is 2.49. The van der Waals surface area contributed by atoms with E-state index in [1.807, 2.05) is 6.92 Å². The van der Waals surface area contributed by atoms with Gasteiger partial charge in [-0.2, -0.15) is 4.98 Å². The predicted octanol–water partition coefficient (Wildman–Crippen LogP) is -2.13. The molecule has 0 radical (unpaired) electrons. The minimum absolute atomic E-state index is 0.0622. The van der Waals surface area contributed by atoms with Crippen molar-refractivity contribution < 1.29 is 48.4 Å². The van der Waals surface area contributed by atoms with Gasteiger partial charge >= 0.3 is 7.82 Å². The molecule has 8 N–H and O–H groups in total. The lowest BCUT2D eigenvalue weighted by Gasteiger charge is -2.24. The third kappa shape index (κ3) is 5.38. The van der Waals surface area contributed by atoms with Crippen LogP contribution in [-0.2, 0) is 29.5 Å². The molecule has 20 nitrogen and oxygen atoms in total. The van der Waals surface area contributed by atoms with Crippen molar-refractivity contribution in [2.75, 3.05) is 18.9 Å². The Balaban J connectivity index is 1.13. The number of phosphoric acid groups is 1. The van der Waals surface area contributed by atoms with Gasteiger partial charge in [-0.05, 0) is 6.42 Å². The Morgan fingerprint density at radius 1 is 1.00 bits per heavy atom. The number of aryl methyl sites for hydroxylation is 1. The summed E-state index contributed by atoms with van der Waals surface area (Å²) in [5, 5.41) is 41.7. The number of fused-ring (bicyclic) bond motifs is 2. The van der Waals surface area contributed by atoms with Gasteiger partial charge in [0.05, 0.1) is 37.7 Å². The molecule has 6 rings (SSSR count). The lowest BCUT2D eigenvalue weighted by molar-refractivity contribution is -0.0529. The van der Waals surface area contributed by atoms with Crippen LogP contribution >= 0.6 is 7.82 Å². The van der Waals surface area contributed by atoms with Crippen molar-refractivity contribution in [2.24, 2.45) is 0 Å². The number of H-pyrrole nitrogens is 1. The van der Waals surface area contributed by atoms with E-state index in [1.165, 1.54) is 21.8 Å². The molecule has 1 unspecified atom stereocenters. The second-order valence-electron chi connectivity index (χ2n) is 10.2. The van der Waals surface area contributed by atoms with Crippen molar-refractivity contribution in [3.63, 3.8) is 0 Å². The van der Waals surface area contributed by atoms with E-state index in [1.54, 1.807) is 0 Å². The number of imidazole rings is 2. The highest BCUT2D eigenvalue weighted by molar-refractivity contribution is 7.47. The number of nitrogens with zero attached hydrogens (tertiary/aromatic N) is 7. The number of rotatable bonds is 10. The van der Waals surface area contributed by atoms with Gasteiger partial charge in [-0.3, -0.25) is 28.0 Å². The number of hydrogen-bond acceptors (Lipinski definition) is 16. The quantitative estimate of drug-likeness (QED) is 0.0911. The van der Waals surface area contributed by atoms with Gasteiger partial charge in [0.1, 0.15) is 42.4 Å². The van der Waals surface area contributed by atoms with E-state index in [0.29, 0.717) is 23.3 Å². The summed E-state index contributed by atoms with van der Waals surface area (Å²) < 4.78 is 37.5. The van der Waals surface area contributed by atoms with Crippen LogP contribution in [0, 0.1) is 0 Å². The number of anilines is 1. The van der Waals surface area contributed by atoms with E-state index in [2.05, 4.69) is 29.9 Å². The van der Waals surface area contributed by atoms with Gasteiger partial charge in [-0.25, -0.2) is 24.5 Å². The summed E-state index contributed by atoms with van der Waals surface area (Å²) in [7, 11) is -4.93. The maximum absolute atomic E-state index is 13.0. The monoisotopic (exact) mass is 639 g/mol. The SMILES string of the molecule is CCc1ncnc2c1ncn2[C@@H]1O[C@H](CCOP(=O)(O)O[C@@H]2[C@H](O)[C@@H](CO)O[C@H]2n2cnc3c(=O)[nH]c(N)nc32)[C@@H](O)[C@H]1O. The highest BCUT2D eigenvalue weighted by Gasteiger charge is 2.50. The Morgan fingerprint density at radius 2 is 1.70 bits per heavy atom. The molecule has 0 amide bonds. The molecular weight excluding hydrogens is 609 g/mol. The molecule has 2 aliphatic rings. The normalized spacial score (nSPS) is 30.4. The molecule has 0 bridgehead atoms. The van der Waals surface area contributed by atoms with Crippen molar-refractivity contribution in [2.45, 2.75) is 68.8 Å². The molecule has 9 atom stereocenters. The fraction of sp³-hybridized carbons (Fsp3) is 0.565. The van der Waals surface area contributed by atoms with Crippen molar-refractivity contribution in [1.82, 2.24) is 39.0 Å². The van der Waals surface area contributed by atoms with Crippen LogP contribution < -0.4 is 11.3 Å². The molecular formula is C23H30N9O11P. The molecule has 44 heavy (non-hydrogen) atoms. The second kappa shape index (κ2) is 11.8. The van der Waals surface area contributed by atoms with Crippen LogP contribution in [0.4, 0.5) is 5.95 Å². The molecule has 2 aliphatic heterocycles. The molecule has 2 saturated heterocycles. The summed E-state index contributed by atoms with van der Waals surface area (Å²) in [5.41, 5.74) is 6.43. The van der Waals surface area contributed by atoms with Crippen LogP contribution in [0.15, 0.2) is 23.8 Å². The molecule has 4 aromatic rings. The van der Waals surface area contributed by atoms with E-state index in [4.69, 9.17) is 24.3 Å². The number of nitrogens with two attached hydrogens (primary N) is 1. The fourth-order valence-corrected chi connectivity index (χ4v) is 6.28. The molecule has 0 spiro atoms. The van der Waals surface area contributed by atoms with Gasteiger partial charge in [0.2, 0.25) is 5.95 Å². The number of aromatic amines is 1. The molecule has 2 fully saturated rings. The Bertz CT molecular complexity index is 1760. The van der Waals surface area contributed by atoms with Gasteiger partial charge in [0, 0.05) is 6.42 Å². The number of ether oxygens (including phenoxy) is 2. The largest absolute Gasteiger partial charge is 0.472 e. The minimum Gasteiger partial charge on any atom is -0.394 e. The summed E-state index contributed by atoms with van der Waals surface area (Å²) in [5.74, 6) is -0.237. The average Bonchev–Trinajstić information content (AvgIpc) is 3.74. The van der Waals surface area contributed by atoms with Gasteiger partial charge in [0.25, 0.3) is 5.56 Å². The molecule has 21 heteroatoms. The number of aliphatic hydroxyl groups is 4. The summed E-state index contributed by atoms with van der Waals surface area (Å²) in [6.45, 7) is 0.766. The van der Waals surface area contributed by atoms with Gasteiger partial charge < -0.3 is 40.5 Å². The zero-order valence-electron chi connectivity index (χ0n) is 23.0. The topological polar surface area (TPSA) is 288 Å². The maximum Gasteiger partial charge on any atom is 0.472 e. The second-order valence-corrected chi connectivity index (χ2v) is 11.6. The van der Waals surface area contributed by atoms with E-state index in [0.717, 1.165) is 6.33 Å². The lowest BCUT2D eigenvalue weighted by atomic mass is 10.1. The zero-order valence-corrected chi connectivity index (χ0v) is 23.9. The first-order chi connectivity index (χ1) is 21.0. The van der Waals surface area contributed by atoms with Crippen LogP contribution in [0.2, 0.25) is 0 Å². The van der Waals surface area contributed by atoms with Crippen molar-refractivity contribution >= 4 is 36.1 Å². The number of nitrogens with one attached hydrogen (secondary N) is 1. The third-order valence-corrected chi connectivity index (χ3v) is 8.53. The standard InChI is InChI=1S/C23H30N9O11P/c1-2-9-12-18(26-6-25-9)31(7-27-12)21-16(36)14(34)10(41-21)3-4-40-44(38,39)43-17-15(35)11(5-33)42-22(17)32-8-28-13-19(32)29-23(24)30-20(13)37/h6-8,10-11,14-17,21-22,33-36H,2-5H2,1H3,(H,38,39)(H3,24,29,30,37)/t10-,11-,14-,15-,16-,17-,21-,22-/m1/s1. The van der Waals surface area contributed by atoms with E-state index >= 15 is 0 Å². The number of aliphatic hydroxyl groups excluding tert-OH is 4. The molecule has 4 aromatic heterocycles. The van der Waals surface area contributed by atoms with E-state index in [9.17, 15) is 34.7 Å². The average molecular weight is 640 g/mol. The third-order valence-electron chi connectivity index (χ3n) is 7.51. The van der Waals surface area contributed by atoms with Crippen LogP contribution in [0.3, 0.4) is 0 Å². The van der Waals surface area contributed by atoms with Crippen LogP contribution in [0.25, 0.3) is 22.3 Å². The summed E-state index contributed by atoms with van der Waals surface area (Å²) in [6, 6.07) is 0. The van der Waals surface area contributed by atoms with Crippen LogP contribution in [0.5, 0.6) is 0 Å². The lowest BCUT2D eigenvalue weighted by Crippen LogP contribution is -2.35. The Kier molecular flexibility index (Phi) is 8.22. The molecule has 0 aromatic carbocycles. The fourth-order valence-electron chi connectivity index (χ4n) is 5.35. The first-order valence-corrected chi connectivity index (χ1v) is 15.0. The van der Waals surface area contributed by atoms with Crippen LogP contribution in [-0.4, -0.2) is 114 Å². The predicted molar refractivity (Wildman–Crippen MR) is 145 cm³/mol. The van der Waals surface area contributed by atoms with E-state index in [-0.39, 0.29) is 23.5 Å². The summed E-state index contributed by atoms with van der Waals surface area (Å²) >= 11 is 0. The van der Waals surface area contributed by atoms with Gasteiger partial charge in [-0.15, -0.1) is 0 Å². The molecule has 0 aliphatic carbocycles. The summed E-state index contributed by atoms with van der Waals surface area (Å²) in [6.07, 6.45) is -6.26. The van der Waals surface area contributed by atoms with Crippen molar-refractivity contribution in [3.8, 4) is 0 Å². The number of nitrogen functional groups attached to an aromatic ring is 1. The smallest absolute Gasteiger partial charge is 0.394 e. The zero-order chi connectivity index (χ0) is 31.3. The Labute approximate surface area is 246 Å². The van der Waals surface area contributed by atoms with Crippen LogP contribution in [0.1, 0.15) is 31.5 Å². The Morgan fingerprint density at radius 3 is 2.43 bits per heavy atom. The number of aromatic nitrogens is 8. The highest BCUT2D eigenvalue weighted by atomic mass is 31.2. The molecule has 6 heterocycles. The molecule has 0 saturated carbocycles. The maximum atomic E-state index is 13.0. The number of hydrogen-bond donors (Lipinski definition) is 7. The van der Waals surface area contributed by atoms with Gasteiger partial charge in [0.15, 0.2) is 29.3 Å². The minimum atomic E-state index is -4.93. The first-order valence-electron chi connectivity index (χ1n) is 13.5. The molecule has 238 valence electrons. The van der Waals surface area contributed by atoms with Gasteiger partial charge in [-0.1, -0.05) is 6.92 Å². The Hall–Kier alpha value is -3.43. The number of phosphoric ester groups is 1. The first kappa shape index (κ1) is 30.6. The van der Waals surface area contributed by atoms with Crippen molar-refractivity contribution in [1.29, 1.82) is 0 Å². The summed E-state index contributed by atoms with van der Waals surface area (Å²) in [4.78, 5) is 45.7.